The van der Waals surface area contributed by atoms with Crippen molar-refractivity contribution in [2.24, 2.45) is 0 Å². The molecule has 1 aromatic heterocycles. The summed E-state index contributed by atoms with van der Waals surface area (Å²) in [5, 5.41) is 12.3. The maximum Gasteiger partial charge on any atom is 0.233 e. The average molecular weight is 239 g/mol. The summed E-state index contributed by atoms with van der Waals surface area (Å²) in [5.74, 6) is 0.998. The van der Waals surface area contributed by atoms with Crippen LogP contribution in [0.15, 0.2) is 6.33 Å². The summed E-state index contributed by atoms with van der Waals surface area (Å²) >= 11 is 0. The van der Waals surface area contributed by atoms with E-state index in [1.54, 1.807) is 7.05 Å². The SMILES string of the molecule is CNC(=O)CNCCCCCCc1ncn[nH]1. The van der Waals surface area contributed by atoms with Crippen LogP contribution in [0.5, 0.6) is 0 Å². The number of H-pyrrole nitrogens is 1. The Kier molecular flexibility index (Phi) is 6.97. The summed E-state index contributed by atoms with van der Waals surface area (Å²) in [4.78, 5) is 15.0. The smallest absolute Gasteiger partial charge is 0.233 e. The van der Waals surface area contributed by atoms with Crippen molar-refractivity contribution in [2.45, 2.75) is 32.1 Å². The van der Waals surface area contributed by atoms with Crippen LogP contribution < -0.4 is 10.6 Å². The molecule has 96 valence electrons. The van der Waals surface area contributed by atoms with E-state index in [0.717, 1.165) is 31.6 Å². The van der Waals surface area contributed by atoms with Gasteiger partial charge in [-0.2, -0.15) is 5.10 Å². The predicted molar refractivity (Wildman–Crippen MR) is 65.5 cm³/mol. The molecular weight excluding hydrogens is 218 g/mol. The Balaban J connectivity index is 1.83. The normalized spacial score (nSPS) is 10.4. The second-order valence-electron chi connectivity index (χ2n) is 3.95. The van der Waals surface area contributed by atoms with Gasteiger partial charge in [0, 0.05) is 13.5 Å². The van der Waals surface area contributed by atoms with E-state index in [1.807, 2.05) is 0 Å². The summed E-state index contributed by atoms with van der Waals surface area (Å²) in [6.45, 7) is 1.31. The van der Waals surface area contributed by atoms with Crippen LogP contribution >= 0.6 is 0 Å². The van der Waals surface area contributed by atoms with Crippen molar-refractivity contribution in [3.63, 3.8) is 0 Å². The minimum absolute atomic E-state index is 0.0373. The maximum absolute atomic E-state index is 10.9. The minimum Gasteiger partial charge on any atom is -0.358 e. The van der Waals surface area contributed by atoms with Crippen molar-refractivity contribution in [1.82, 2.24) is 25.8 Å². The van der Waals surface area contributed by atoms with Gasteiger partial charge >= 0.3 is 0 Å². The van der Waals surface area contributed by atoms with E-state index in [4.69, 9.17) is 0 Å². The number of amides is 1. The van der Waals surface area contributed by atoms with Gasteiger partial charge in [-0.3, -0.25) is 9.89 Å². The molecule has 17 heavy (non-hydrogen) atoms. The number of nitrogens with one attached hydrogen (secondary N) is 3. The molecule has 0 radical (unpaired) electrons. The molecule has 3 N–H and O–H groups in total. The summed E-state index contributed by atoms with van der Waals surface area (Å²) in [6.07, 6.45) is 7.10. The first-order valence-electron chi connectivity index (χ1n) is 6.08. The molecule has 0 aromatic carbocycles. The fourth-order valence-corrected chi connectivity index (χ4v) is 1.54. The first kappa shape index (κ1) is 13.6. The Labute approximate surface area is 102 Å². The van der Waals surface area contributed by atoms with Crippen molar-refractivity contribution in [3.05, 3.63) is 12.2 Å². The number of hydrogen-bond acceptors (Lipinski definition) is 4. The van der Waals surface area contributed by atoms with Gasteiger partial charge in [0.25, 0.3) is 0 Å². The molecule has 0 bridgehead atoms. The van der Waals surface area contributed by atoms with E-state index >= 15 is 0 Å². The third-order valence-corrected chi connectivity index (χ3v) is 2.55. The van der Waals surface area contributed by atoms with E-state index in [1.165, 1.54) is 19.2 Å². The second-order valence-corrected chi connectivity index (χ2v) is 3.95. The molecule has 0 aliphatic rings. The van der Waals surface area contributed by atoms with Gasteiger partial charge in [0.15, 0.2) is 0 Å². The van der Waals surface area contributed by atoms with Crippen molar-refractivity contribution >= 4 is 5.91 Å². The average Bonchev–Trinajstić information content (AvgIpc) is 2.85. The molecule has 0 saturated heterocycles. The van der Waals surface area contributed by atoms with E-state index in [2.05, 4.69) is 25.8 Å². The lowest BCUT2D eigenvalue weighted by Gasteiger charge is -2.03. The number of rotatable bonds is 9. The molecule has 1 rings (SSSR count). The Hall–Kier alpha value is -1.43. The van der Waals surface area contributed by atoms with Gasteiger partial charge in [0.2, 0.25) is 5.91 Å². The highest BCUT2D eigenvalue weighted by molar-refractivity contribution is 5.77. The van der Waals surface area contributed by atoms with Crippen molar-refractivity contribution < 1.29 is 4.79 Å². The first-order chi connectivity index (χ1) is 8.33. The first-order valence-corrected chi connectivity index (χ1v) is 6.08. The van der Waals surface area contributed by atoms with Crippen LogP contribution in [0.1, 0.15) is 31.5 Å². The summed E-state index contributed by atoms with van der Waals surface area (Å²) < 4.78 is 0. The standard InChI is InChI=1S/C11H21N5O/c1-12-11(17)8-13-7-5-3-2-4-6-10-14-9-15-16-10/h9,13H,2-8H2,1H3,(H,12,17)(H,14,15,16). The molecule has 0 aliphatic carbocycles. The quantitative estimate of drug-likeness (QED) is 0.539. The van der Waals surface area contributed by atoms with Crippen molar-refractivity contribution in [3.8, 4) is 0 Å². The third-order valence-electron chi connectivity index (χ3n) is 2.55. The summed E-state index contributed by atoms with van der Waals surface area (Å²) in [7, 11) is 1.65. The molecule has 0 saturated carbocycles. The molecule has 0 atom stereocenters. The highest BCUT2D eigenvalue weighted by atomic mass is 16.1. The number of likely N-dealkylation sites (N-methyl/N-ethyl adjacent to an activating group) is 1. The van der Waals surface area contributed by atoms with Gasteiger partial charge in [-0.15, -0.1) is 0 Å². The molecule has 1 heterocycles. The Morgan fingerprint density at radius 1 is 1.35 bits per heavy atom. The van der Waals surface area contributed by atoms with Gasteiger partial charge in [-0.1, -0.05) is 12.8 Å². The van der Waals surface area contributed by atoms with Gasteiger partial charge in [0.1, 0.15) is 12.2 Å². The van der Waals surface area contributed by atoms with E-state index in [-0.39, 0.29) is 5.91 Å². The largest absolute Gasteiger partial charge is 0.358 e. The number of hydrogen-bond donors (Lipinski definition) is 3. The predicted octanol–water partition coefficient (Wildman–Crippen LogP) is 0.243. The molecule has 6 heteroatoms. The van der Waals surface area contributed by atoms with Gasteiger partial charge in [-0.25, -0.2) is 4.98 Å². The molecule has 0 aliphatic heterocycles. The van der Waals surface area contributed by atoms with Gasteiger partial charge in [-0.05, 0) is 19.4 Å². The number of aromatic amines is 1. The van der Waals surface area contributed by atoms with E-state index < -0.39 is 0 Å². The molecule has 0 fully saturated rings. The summed E-state index contributed by atoms with van der Waals surface area (Å²) in [6, 6.07) is 0. The highest BCUT2D eigenvalue weighted by Gasteiger charge is 1.97. The van der Waals surface area contributed by atoms with Gasteiger partial charge in [0.05, 0.1) is 6.54 Å². The summed E-state index contributed by atoms with van der Waals surface area (Å²) in [5.41, 5.74) is 0. The number of unbranched alkanes of at least 4 members (excludes halogenated alkanes) is 3. The van der Waals surface area contributed by atoms with Crippen LogP contribution in [0.4, 0.5) is 0 Å². The van der Waals surface area contributed by atoms with Crippen LogP contribution in [-0.2, 0) is 11.2 Å². The fraction of sp³-hybridized carbons (Fsp3) is 0.727. The molecule has 0 unspecified atom stereocenters. The Morgan fingerprint density at radius 3 is 2.88 bits per heavy atom. The zero-order chi connectivity index (χ0) is 12.3. The number of nitrogens with zero attached hydrogens (tertiary/aromatic N) is 2. The highest BCUT2D eigenvalue weighted by Crippen LogP contribution is 2.02. The van der Waals surface area contributed by atoms with Gasteiger partial charge < -0.3 is 10.6 Å². The molecule has 0 spiro atoms. The maximum atomic E-state index is 10.9. The number of aromatic nitrogens is 3. The lowest BCUT2D eigenvalue weighted by molar-refractivity contribution is -0.119. The lowest BCUT2D eigenvalue weighted by Crippen LogP contribution is -2.31. The number of carbonyl (C=O) groups is 1. The molecular formula is C11H21N5O. The monoisotopic (exact) mass is 239 g/mol. The third kappa shape index (κ3) is 6.68. The second kappa shape index (κ2) is 8.69. The van der Waals surface area contributed by atoms with Crippen molar-refractivity contribution in [1.29, 1.82) is 0 Å². The Bertz CT molecular complexity index is 299. The number of aryl methyl sites for hydroxylation is 1. The number of carbonyl (C=O) groups excluding carboxylic acids is 1. The minimum atomic E-state index is 0.0373. The van der Waals surface area contributed by atoms with Crippen LogP contribution in [-0.4, -0.2) is 41.2 Å². The molecule has 6 nitrogen and oxygen atoms in total. The van der Waals surface area contributed by atoms with Crippen molar-refractivity contribution in [2.75, 3.05) is 20.1 Å². The Morgan fingerprint density at radius 2 is 2.18 bits per heavy atom. The topological polar surface area (TPSA) is 82.7 Å². The molecule has 1 aromatic rings. The van der Waals surface area contributed by atoms with Crippen LogP contribution in [0.25, 0.3) is 0 Å². The van der Waals surface area contributed by atoms with Crippen LogP contribution in [0, 0.1) is 0 Å². The van der Waals surface area contributed by atoms with E-state index in [9.17, 15) is 4.79 Å². The zero-order valence-corrected chi connectivity index (χ0v) is 10.3. The lowest BCUT2D eigenvalue weighted by atomic mass is 10.1. The van der Waals surface area contributed by atoms with E-state index in [0.29, 0.717) is 6.54 Å². The fourth-order valence-electron chi connectivity index (χ4n) is 1.54. The van der Waals surface area contributed by atoms with Crippen LogP contribution in [0.2, 0.25) is 0 Å². The molecule has 1 amide bonds. The van der Waals surface area contributed by atoms with Crippen LogP contribution in [0.3, 0.4) is 0 Å². The zero-order valence-electron chi connectivity index (χ0n) is 10.3.